The molecule has 1 heterocycles. The summed E-state index contributed by atoms with van der Waals surface area (Å²) >= 11 is 0. The van der Waals surface area contributed by atoms with Gasteiger partial charge in [0.2, 0.25) is 11.8 Å². The molecule has 1 N–H and O–H groups in total. The van der Waals surface area contributed by atoms with Gasteiger partial charge in [0, 0.05) is 18.9 Å². The lowest BCUT2D eigenvalue weighted by atomic mass is 10.1. The number of nitrogens with one attached hydrogen (secondary N) is 1. The Morgan fingerprint density at radius 2 is 2.00 bits per heavy atom. The molecule has 0 aromatic carbocycles. The van der Waals surface area contributed by atoms with E-state index in [1.165, 1.54) is 4.90 Å². The summed E-state index contributed by atoms with van der Waals surface area (Å²) in [5.74, 6) is 0.0157. The second kappa shape index (κ2) is 7.43. The number of amides is 2. The second-order valence-corrected chi connectivity index (χ2v) is 4.61. The average molecular weight is 240 g/mol. The minimum Gasteiger partial charge on any atom is -0.317 e. The number of hydrogen-bond acceptors (Lipinski definition) is 3. The first kappa shape index (κ1) is 14.2. The van der Waals surface area contributed by atoms with Crippen LogP contribution in [0.15, 0.2) is 0 Å². The van der Waals surface area contributed by atoms with Gasteiger partial charge in [-0.25, -0.2) is 0 Å². The van der Waals surface area contributed by atoms with Crippen LogP contribution < -0.4 is 5.32 Å². The largest absolute Gasteiger partial charge is 0.317 e. The smallest absolute Gasteiger partial charge is 0.232 e. The lowest BCUT2D eigenvalue weighted by Gasteiger charge is -2.14. The summed E-state index contributed by atoms with van der Waals surface area (Å²) in [4.78, 5) is 24.9. The number of hydrogen-bond donors (Lipinski definition) is 1. The zero-order valence-corrected chi connectivity index (χ0v) is 11.0. The molecule has 0 bridgehead atoms. The van der Waals surface area contributed by atoms with Crippen molar-refractivity contribution in [2.75, 3.05) is 19.6 Å². The fourth-order valence-electron chi connectivity index (χ4n) is 2.18. The SMILES string of the molecule is CCNCCCCCN1C(=O)CC(CC)C1=O. The first-order valence-electron chi connectivity index (χ1n) is 6.75. The Hall–Kier alpha value is -0.900. The van der Waals surface area contributed by atoms with E-state index in [0.29, 0.717) is 13.0 Å². The van der Waals surface area contributed by atoms with E-state index in [1.807, 2.05) is 6.92 Å². The number of rotatable bonds is 8. The molecule has 1 saturated heterocycles. The van der Waals surface area contributed by atoms with Crippen molar-refractivity contribution in [2.24, 2.45) is 5.92 Å². The normalized spacial score (nSPS) is 20.4. The predicted octanol–water partition coefficient (Wildman–Crippen LogP) is 1.55. The maximum absolute atomic E-state index is 11.8. The van der Waals surface area contributed by atoms with Crippen LogP contribution in [0.2, 0.25) is 0 Å². The molecule has 2 amide bonds. The molecule has 1 aliphatic heterocycles. The highest BCUT2D eigenvalue weighted by atomic mass is 16.2. The van der Waals surface area contributed by atoms with E-state index in [1.54, 1.807) is 0 Å². The molecular weight excluding hydrogens is 216 g/mol. The van der Waals surface area contributed by atoms with Crippen LogP contribution in [0, 0.1) is 5.92 Å². The van der Waals surface area contributed by atoms with Gasteiger partial charge in [0.05, 0.1) is 0 Å². The standard InChI is InChI=1S/C13H24N2O2/c1-3-11-10-12(16)15(13(11)17)9-7-5-6-8-14-4-2/h11,14H,3-10H2,1-2H3. The quantitative estimate of drug-likeness (QED) is 0.517. The molecule has 0 spiro atoms. The lowest BCUT2D eigenvalue weighted by Crippen LogP contribution is -2.31. The molecule has 4 heteroatoms. The van der Waals surface area contributed by atoms with Crippen LogP contribution in [0.4, 0.5) is 0 Å². The highest BCUT2D eigenvalue weighted by molar-refractivity contribution is 6.03. The van der Waals surface area contributed by atoms with Crippen molar-refractivity contribution in [1.29, 1.82) is 0 Å². The number of carbonyl (C=O) groups is 2. The van der Waals surface area contributed by atoms with Crippen LogP contribution in [-0.4, -0.2) is 36.3 Å². The van der Waals surface area contributed by atoms with Crippen LogP contribution in [-0.2, 0) is 9.59 Å². The van der Waals surface area contributed by atoms with E-state index in [9.17, 15) is 9.59 Å². The van der Waals surface area contributed by atoms with E-state index in [2.05, 4.69) is 12.2 Å². The molecule has 4 nitrogen and oxygen atoms in total. The maximum atomic E-state index is 11.8. The Kier molecular flexibility index (Phi) is 6.19. The molecule has 1 unspecified atom stereocenters. The minimum absolute atomic E-state index is 0.0218. The topological polar surface area (TPSA) is 49.4 Å². The van der Waals surface area contributed by atoms with Crippen molar-refractivity contribution in [2.45, 2.75) is 46.0 Å². The summed E-state index contributed by atoms with van der Waals surface area (Å²) in [6, 6.07) is 0. The first-order valence-corrected chi connectivity index (χ1v) is 6.75. The molecule has 1 rings (SSSR count). The van der Waals surface area contributed by atoms with Crippen molar-refractivity contribution < 1.29 is 9.59 Å². The van der Waals surface area contributed by atoms with Gasteiger partial charge in [0.25, 0.3) is 0 Å². The van der Waals surface area contributed by atoms with Gasteiger partial charge in [-0.15, -0.1) is 0 Å². The number of nitrogens with zero attached hydrogens (tertiary/aromatic N) is 1. The third-order valence-electron chi connectivity index (χ3n) is 3.32. The molecule has 0 aliphatic carbocycles. The van der Waals surface area contributed by atoms with Crippen LogP contribution in [0.1, 0.15) is 46.0 Å². The van der Waals surface area contributed by atoms with Crippen molar-refractivity contribution in [3.8, 4) is 0 Å². The van der Waals surface area contributed by atoms with Gasteiger partial charge in [0.15, 0.2) is 0 Å². The second-order valence-electron chi connectivity index (χ2n) is 4.61. The van der Waals surface area contributed by atoms with Crippen LogP contribution in [0.3, 0.4) is 0 Å². The zero-order chi connectivity index (χ0) is 12.7. The average Bonchev–Trinajstić information content (AvgIpc) is 2.60. The maximum Gasteiger partial charge on any atom is 0.232 e. The molecule has 1 fully saturated rings. The van der Waals surface area contributed by atoms with Crippen molar-refractivity contribution in [3.05, 3.63) is 0 Å². The molecule has 0 aromatic rings. The third-order valence-corrected chi connectivity index (χ3v) is 3.32. The summed E-state index contributed by atoms with van der Waals surface area (Å²) in [5.41, 5.74) is 0. The fraction of sp³-hybridized carbons (Fsp3) is 0.846. The molecule has 0 aromatic heterocycles. The third kappa shape index (κ3) is 4.11. The van der Waals surface area contributed by atoms with E-state index < -0.39 is 0 Å². The van der Waals surface area contributed by atoms with Gasteiger partial charge in [0.1, 0.15) is 0 Å². The summed E-state index contributed by atoms with van der Waals surface area (Å²) in [7, 11) is 0. The Bertz CT molecular complexity index is 266. The van der Waals surface area contributed by atoms with E-state index in [-0.39, 0.29) is 17.7 Å². The Morgan fingerprint density at radius 3 is 2.59 bits per heavy atom. The molecule has 0 saturated carbocycles. The number of likely N-dealkylation sites (tertiary alicyclic amines) is 1. The van der Waals surface area contributed by atoms with Gasteiger partial charge in [-0.2, -0.15) is 0 Å². The summed E-state index contributed by atoms with van der Waals surface area (Å²) in [5, 5.41) is 3.26. The zero-order valence-electron chi connectivity index (χ0n) is 11.0. The predicted molar refractivity (Wildman–Crippen MR) is 67.5 cm³/mol. The Labute approximate surface area is 104 Å². The summed E-state index contributed by atoms with van der Waals surface area (Å²) < 4.78 is 0. The van der Waals surface area contributed by atoms with Gasteiger partial charge in [-0.3, -0.25) is 14.5 Å². The van der Waals surface area contributed by atoms with Crippen LogP contribution >= 0.6 is 0 Å². The fourth-order valence-corrected chi connectivity index (χ4v) is 2.18. The van der Waals surface area contributed by atoms with E-state index in [4.69, 9.17) is 0 Å². The minimum atomic E-state index is -0.0516. The monoisotopic (exact) mass is 240 g/mol. The molecule has 98 valence electrons. The van der Waals surface area contributed by atoms with Gasteiger partial charge < -0.3 is 5.32 Å². The summed E-state index contributed by atoms with van der Waals surface area (Å²) in [6.45, 7) is 6.69. The van der Waals surface area contributed by atoms with E-state index >= 15 is 0 Å². The highest BCUT2D eigenvalue weighted by Crippen LogP contribution is 2.22. The number of imide groups is 1. The van der Waals surface area contributed by atoms with Gasteiger partial charge >= 0.3 is 0 Å². The Morgan fingerprint density at radius 1 is 1.24 bits per heavy atom. The highest BCUT2D eigenvalue weighted by Gasteiger charge is 2.36. The van der Waals surface area contributed by atoms with Crippen LogP contribution in [0.25, 0.3) is 0 Å². The first-order chi connectivity index (χ1) is 8.20. The Balaban J connectivity index is 2.18. The lowest BCUT2D eigenvalue weighted by molar-refractivity contribution is -0.139. The molecule has 1 atom stereocenters. The van der Waals surface area contributed by atoms with E-state index in [0.717, 1.165) is 38.8 Å². The summed E-state index contributed by atoms with van der Waals surface area (Å²) in [6.07, 6.45) is 4.32. The molecule has 0 radical (unpaired) electrons. The van der Waals surface area contributed by atoms with Crippen molar-refractivity contribution >= 4 is 11.8 Å². The van der Waals surface area contributed by atoms with Crippen molar-refractivity contribution in [3.63, 3.8) is 0 Å². The van der Waals surface area contributed by atoms with Gasteiger partial charge in [-0.1, -0.05) is 20.3 Å². The molecular formula is C13H24N2O2. The van der Waals surface area contributed by atoms with Crippen LogP contribution in [0.5, 0.6) is 0 Å². The molecule has 17 heavy (non-hydrogen) atoms. The van der Waals surface area contributed by atoms with Gasteiger partial charge in [-0.05, 0) is 32.4 Å². The number of carbonyl (C=O) groups excluding carboxylic acids is 2. The number of unbranched alkanes of at least 4 members (excludes halogenated alkanes) is 2. The van der Waals surface area contributed by atoms with Crippen molar-refractivity contribution in [1.82, 2.24) is 10.2 Å². The molecule has 1 aliphatic rings.